The molecular weight excluding hydrogens is 416 g/mol. The van der Waals surface area contributed by atoms with E-state index in [1.165, 1.54) is 11.3 Å². The summed E-state index contributed by atoms with van der Waals surface area (Å²) in [4.78, 5) is 5.08. The maximum atomic E-state index is 8.99. The van der Waals surface area contributed by atoms with E-state index in [2.05, 4.69) is 37.7 Å². The Bertz CT molecular complexity index is 1070. The Morgan fingerprint density at radius 3 is 2.75 bits per heavy atom. The van der Waals surface area contributed by atoms with Gasteiger partial charge >= 0.3 is 0 Å². The molecule has 0 bridgehead atoms. The van der Waals surface area contributed by atoms with Crippen LogP contribution in [0.1, 0.15) is 41.6 Å². The van der Waals surface area contributed by atoms with Crippen molar-refractivity contribution in [3.05, 3.63) is 57.3 Å². The zero-order valence-corrected chi connectivity index (χ0v) is 17.1. The highest BCUT2D eigenvalue weighted by Gasteiger charge is 2.43. The Morgan fingerprint density at radius 2 is 2.00 bits per heavy atom. The smallest absolute Gasteiger partial charge is 0.171 e. The number of benzene rings is 1. The number of aromatic nitrogens is 3. The van der Waals surface area contributed by atoms with Gasteiger partial charge in [0.25, 0.3) is 0 Å². The van der Waals surface area contributed by atoms with Gasteiger partial charge in [-0.2, -0.15) is 14.9 Å². The average Bonchev–Trinajstić information content (AvgIpc) is 3.28. The van der Waals surface area contributed by atoms with Crippen molar-refractivity contribution >= 4 is 27.4 Å². The fourth-order valence-corrected chi connectivity index (χ4v) is 4.96. The maximum absolute atomic E-state index is 8.99. The van der Waals surface area contributed by atoms with Gasteiger partial charge in [0.05, 0.1) is 28.0 Å². The van der Waals surface area contributed by atoms with E-state index in [1.54, 1.807) is 0 Å². The molecule has 1 saturated heterocycles. The summed E-state index contributed by atoms with van der Waals surface area (Å²) in [6.45, 7) is 2.80. The molecule has 2 aliphatic rings. The van der Waals surface area contributed by atoms with Gasteiger partial charge in [0.1, 0.15) is 5.82 Å². The van der Waals surface area contributed by atoms with Gasteiger partial charge in [-0.15, -0.1) is 0 Å². The number of hydrogen-bond acceptors (Lipinski definition) is 5. The number of piperidine rings is 1. The highest BCUT2D eigenvalue weighted by Crippen LogP contribution is 2.46. The van der Waals surface area contributed by atoms with Gasteiger partial charge in [-0.25, -0.2) is 4.98 Å². The summed E-state index contributed by atoms with van der Waals surface area (Å²) < 4.78 is 2.85. The number of rotatable bonds is 3. The summed E-state index contributed by atoms with van der Waals surface area (Å²) in [7, 11) is 0. The minimum atomic E-state index is 0.191. The second kappa shape index (κ2) is 6.87. The van der Waals surface area contributed by atoms with Crippen molar-refractivity contribution in [2.75, 3.05) is 18.4 Å². The molecule has 0 radical (unpaired) electrons. The molecule has 1 aromatic carbocycles. The average molecular weight is 437 g/mol. The molecule has 3 heterocycles. The lowest BCUT2D eigenvalue weighted by Crippen LogP contribution is -2.39. The molecule has 0 unspecified atom stereocenters. The molecule has 3 aromatic rings. The molecule has 1 aliphatic heterocycles. The fraction of sp³-hybridized carbons (Fsp3) is 0.381. The van der Waals surface area contributed by atoms with Gasteiger partial charge in [0.2, 0.25) is 0 Å². The van der Waals surface area contributed by atoms with Gasteiger partial charge in [-0.05, 0) is 72.4 Å². The highest BCUT2D eigenvalue weighted by molar-refractivity contribution is 9.10. The van der Waals surface area contributed by atoms with Crippen molar-refractivity contribution in [2.45, 2.75) is 37.6 Å². The predicted octanol–water partition coefficient (Wildman–Crippen LogP) is 3.54. The van der Waals surface area contributed by atoms with Crippen LogP contribution in [0, 0.1) is 11.3 Å². The quantitative estimate of drug-likeness (QED) is 0.656. The fourth-order valence-electron chi connectivity index (χ4n) is 4.61. The second-order valence-electron chi connectivity index (χ2n) is 7.71. The third-order valence-electron chi connectivity index (χ3n) is 6.16. The van der Waals surface area contributed by atoms with Crippen LogP contribution in [-0.2, 0) is 18.4 Å². The Hall–Kier alpha value is -2.43. The summed E-state index contributed by atoms with van der Waals surface area (Å²) in [5, 5.41) is 20.7. The van der Waals surface area contributed by atoms with Gasteiger partial charge in [-0.1, -0.05) is 12.1 Å². The first kappa shape index (κ1) is 17.7. The summed E-state index contributed by atoms with van der Waals surface area (Å²) >= 11 is 3.62. The van der Waals surface area contributed by atoms with Crippen LogP contribution in [0.4, 0.5) is 5.82 Å². The van der Waals surface area contributed by atoms with Crippen molar-refractivity contribution < 1.29 is 0 Å². The van der Waals surface area contributed by atoms with E-state index in [-0.39, 0.29) is 5.41 Å². The van der Waals surface area contributed by atoms with E-state index in [1.807, 2.05) is 35.0 Å². The van der Waals surface area contributed by atoms with E-state index in [0.717, 1.165) is 60.3 Å². The first-order valence-corrected chi connectivity index (χ1v) is 10.5. The lowest BCUT2D eigenvalue weighted by atomic mass is 9.77. The molecule has 2 aromatic heterocycles. The van der Waals surface area contributed by atoms with Crippen LogP contribution in [0.15, 0.2) is 34.9 Å². The molecule has 7 heteroatoms. The zero-order valence-electron chi connectivity index (χ0n) is 15.5. The van der Waals surface area contributed by atoms with Crippen LogP contribution in [0.5, 0.6) is 0 Å². The van der Waals surface area contributed by atoms with Crippen molar-refractivity contribution in [2.24, 2.45) is 0 Å². The molecule has 28 heavy (non-hydrogen) atoms. The first-order chi connectivity index (χ1) is 13.7. The maximum Gasteiger partial charge on any atom is 0.171 e. The van der Waals surface area contributed by atoms with Crippen molar-refractivity contribution in [1.82, 2.24) is 19.9 Å². The third-order valence-corrected chi connectivity index (χ3v) is 6.72. The molecule has 6 nitrogen and oxygen atoms in total. The van der Waals surface area contributed by atoms with Crippen LogP contribution in [0.2, 0.25) is 0 Å². The summed E-state index contributed by atoms with van der Waals surface area (Å²) in [6.07, 6.45) is 6.30. The van der Waals surface area contributed by atoms with Crippen molar-refractivity contribution in [1.29, 1.82) is 5.26 Å². The summed E-state index contributed by atoms with van der Waals surface area (Å²) in [5.74, 6) is 1.05. The lowest BCUT2D eigenvalue weighted by molar-refractivity contribution is 0.301. The number of nitriles is 1. The number of nitrogens with zero attached hydrogens (tertiary/aromatic N) is 4. The van der Waals surface area contributed by atoms with Gasteiger partial charge in [0.15, 0.2) is 5.65 Å². The molecule has 0 saturated carbocycles. The van der Waals surface area contributed by atoms with E-state index >= 15 is 0 Å². The number of halogens is 1. The van der Waals surface area contributed by atoms with Crippen LogP contribution in [0.25, 0.3) is 5.65 Å². The van der Waals surface area contributed by atoms with E-state index < -0.39 is 0 Å². The number of nitrogens with one attached hydrogen (secondary N) is 2. The van der Waals surface area contributed by atoms with E-state index in [4.69, 9.17) is 10.2 Å². The molecule has 1 spiro atoms. The zero-order chi connectivity index (χ0) is 19.1. The molecular formula is C21H21BrN6. The SMILES string of the molecule is N#Cc1ccc(CNc2c3c(nc4c(Br)cnn24)C2(CCNCC2)CC3)cc1. The second-order valence-corrected chi connectivity index (χ2v) is 8.56. The standard InChI is InChI=1S/C21H21BrN6/c22-17-13-26-28-19(25-12-15-3-1-14(11-23)2-4-15)16-5-6-21(7-9-24-10-8-21)18(16)27-20(17)28/h1-4,13,24-25H,5-10,12H2. The van der Waals surface area contributed by atoms with Gasteiger partial charge in [0, 0.05) is 17.5 Å². The predicted molar refractivity (Wildman–Crippen MR) is 111 cm³/mol. The molecule has 1 aliphatic carbocycles. The Balaban J connectivity index is 1.55. The van der Waals surface area contributed by atoms with Crippen molar-refractivity contribution in [3.63, 3.8) is 0 Å². The molecule has 0 atom stereocenters. The van der Waals surface area contributed by atoms with E-state index in [0.29, 0.717) is 12.1 Å². The van der Waals surface area contributed by atoms with Crippen LogP contribution in [-0.4, -0.2) is 27.7 Å². The van der Waals surface area contributed by atoms with Crippen LogP contribution >= 0.6 is 15.9 Å². The molecule has 142 valence electrons. The molecule has 5 rings (SSSR count). The molecule has 2 N–H and O–H groups in total. The first-order valence-electron chi connectivity index (χ1n) is 9.70. The highest BCUT2D eigenvalue weighted by atomic mass is 79.9. The molecule has 1 fully saturated rings. The van der Waals surface area contributed by atoms with Crippen LogP contribution in [0.3, 0.4) is 0 Å². The number of hydrogen-bond donors (Lipinski definition) is 2. The monoisotopic (exact) mass is 436 g/mol. The summed E-state index contributed by atoms with van der Waals surface area (Å²) in [5.41, 5.74) is 5.44. The Kier molecular flexibility index (Phi) is 4.33. The largest absolute Gasteiger partial charge is 0.366 e. The minimum absolute atomic E-state index is 0.191. The lowest BCUT2D eigenvalue weighted by Gasteiger charge is -2.34. The van der Waals surface area contributed by atoms with Crippen LogP contribution < -0.4 is 10.6 Å². The summed E-state index contributed by atoms with van der Waals surface area (Å²) in [6, 6.07) is 9.88. The number of fused-ring (bicyclic) bond motifs is 3. The number of anilines is 1. The Labute approximate surface area is 172 Å². The minimum Gasteiger partial charge on any atom is -0.366 e. The normalized spacial score (nSPS) is 17.6. The third kappa shape index (κ3) is 2.79. The Morgan fingerprint density at radius 1 is 1.21 bits per heavy atom. The van der Waals surface area contributed by atoms with Gasteiger partial charge in [-0.3, -0.25) is 0 Å². The van der Waals surface area contributed by atoms with Gasteiger partial charge < -0.3 is 10.6 Å². The molecule has 0 amide bonds. The van der Waals surface area contributed by atoms with Crippen molar-refractivity contribution in [3.8, 4) is 6.07 Å². The van der Waals surface area contributed by atoms with E-state index in [9.17, 15) is 0 Å². The topological polar surface area (TPSA) is 78.0 Å².